The van der Waals surface area contributed by atoms with Gasteiger partial charge in [-0.15, -0.1) is 0 Å². The molecule has 13 heavy (non-hydrogen) atoms. The van der Waals surface area contributed by atoms with Crippen LogP contribution in [0.5, 0.6) is 0 Å². The standard InChI is InChI=1S/C9H14N2O2/c1-2-3-4-5-7-6-10-9(13)11-8(7)12/h6H,2-5H2,1H3,(H2,10,11,12,13). The zero-order valence-corrected chi connectivity index (χ0v) is 7.72. The summed E-state index contributed by atoms with van der Waals surface area (Å²) >= 11 is 0. The van der Waals surface area contributed by atoms with E-state index in [1.165, 1.54) is 6.20 Å². The molecule has 0 amide bonds. The molecule has 0 atom stereocenters. The lowest BCUT2D eigenvalue weighted by Crippen LogP contribution is -2.24. The van der Waals surface area contributed by atoms with Gasteiger partial charge >= 0.3 is 5.69 Å². The molecule has 72 valence electrons. The summed E-state index contributed by atoms with van der Waals surface area (Å²) in [5, 5.41) is 0. The van der Waals surface area contributed by atoms with Crippen LogP contribution in [0.15, 0.2) is 15.8 Å². The highest BCUT2D eigenvalue weighted by Gasteiger charge is 1.98. The Morgan fingerprint density at radius 2 is 2.08 bits per heavy atom. The molecule has 0 saturated carbocycles. The van der Waals surface area contributed by atoms with Gasteiger partial charge in [0.15, 0.2) is 0 Å². The van der Waals surface area contributed by atoms with Crippen molar-refractivity contribution in [3.63, 3.8) is 0 Å². The van der Waals surface area contributed by atoms with Gasteiger partial charge in [0.1, 0.15) is 0 Å². The number of H-pyrrole nitrogens is 2. The lowest BCUT2D eigenvalue weighted by atomic mass is 10.1. The number of aryl methyl sites for hydroxylation is 1. The van der Waals surface area contributed by atoms with Gasteiger partial charge in [-0.1, -0.05) is 19.8 Å². The average molecular weight is 182 g/mol. The lowest BCUT2D eigenvalue weighted by Gasteiger charge is -1.97. The van der Waals surface area contributed by atoms with Crippen molar-refractivity contribution < 1.29 is 0 Å². The van der Waals surface area contributed by atoms with Crippen molar-refractivity contribution >= 4 is 0 Å². The minimum atomic E-state index is -0.441. The van der Waals surface area contributed by atoms with Gasteiger partial charge in [0.25, 0.3) is 5.56 Å². The van der Waals surface area contributed by atoms with Gasteiger partial charge in [0.05, 0.1) is 0 Å². The van der Waals surface area contributed by atoms with Gasteiger partial charge < -0.3 is 4.98 Å². The smallest absolute Gasteiger partial charge is 0.314 e. The average Bonchev–Trinajstić information content (AvgIpc) is 2.09. The highest BCUT2D eigenvalue weighted by atomic mass is 16.2. The fraction of sp³-hybridized carbons (Fsp3) is 0.556. The molecular weight excluding hydrogens is 168 g/mol. The minimum absolute atomic E-state index is 0.264. The molecule has 4 nitrogen and oxygen atoms in total. The quantitative estimate of drug-likeness (QED) is 0.676. The molecule has 4 heteroatoms. The minimum Gasteiger partial charge on any atom is -0.314 e. The van der Waals surface area contributed by atoms with Crippen LogP contribution in [0.2, 0.25) is 0 Å². The van der Waals surface area contributed by atoms with E-state index in [1.807, 2.05) is 0 Å². The maximum absolute atomic E-state index is 11.2. The topological polar surface area (TPSA) is 65.7 Å². The molecule has 2 N–H and O–H groups in total. The van der Waals surface area contributed by atoms with Crippen molar-refractivity contribution in [1.29, 1.82) is 0 Å². The Bertz CT molecular complexity index is 364. The van der Waals surface area contributed by atoms with Crippen molar-refractivity contribution in [2.75, 3.05) is 0 Å². The first-order valence-corrected chi connectivity index (χ1v) is 4.55. The zero-order valence-electron chi connectivity index (χ0n) is 7.72. The fourth-order valence-electron chi connectivity index (χ4n) is 1.19. The summed E-state index contributed by atoms with van der Waals surface area (Å²) < 4.78 is 0. The Balaban J connectivity index is 2.67. The van der Waals surface area contributed by atoms with E-state index in [-0.39, 0.29) is 5.56 Å². The van der Waals surface area contributed by atoms with Gasteiger partial charge in [0, 0.05) is 11.8 Å². The number of nitrogens with one attached hydrogen (secondary N) is 2. The third-order valence-corrected chi connectivity index (χ3v) is 1.95. The molecule has 0 radical (unpaired) electrons. The van der Waals surface area contributed by atoms with Crippen molar-refractivity contribution in [3.8, 4) is 0 Å². The molecule has 0 aliphatic rings. The Morgan fingerprint density at radius 3 is 2.69 bits per heavy atom. The monoisotopic (exact) mass is 182 g/mol. The number of hydrogen-bond donors (Lipinski definition) is 2. The molecule has 0 aromatic carbocycles. The number of aromatic amines is 2. The summed E-state index contributed by atoms with van der Waals surface area (Å²) in [5.74, 6) is 0. The van der Waals surface area contributed by atoms with Crippen molar-refractivity contribution in [2.24, 2.45) is 0 Å². The molecule has 1 aromatic rings. The van der Waals surface area contributed by atoms with Crippen LogP contribution >= 0.6 is 0 Å². The normalized spacial score (nSPS) is 10.2. The third kappa shape index (κ3) is 2.89. The summed E-state index contributed by atoms with van der Waals surface area (Å²) in [6.07, 6.45) is 5.46. The van der Waals surface area contributed by atoms with Crippen LogP contribution in [0, 0.1) is 0 Å². The molecule has 0 aliphatic heterocycles. The Labute approximate surface area is 76.0 Å². The summed E-state index contributed by atoms with van der Waals surface area (Å²) in [4.78, 5) is 26.5. The predicted octanol–water partition coefficient (Wildman–Crippen LogP) is 0.796. The molecule has 1 rings (SSSR count). The summed E-state index contributed by atoms with van der Waals surface area (Å²) in [6, 6.07) is 0. The molecule has 0 aliphatic carbocycles. The molecular formula is C9H14N2O2. The first kappa shape index (κ1) is 9.77. The van der Waals surface area contributed by atoms with Crippen LogP contribution in [-0.2, 0) is 6.42 Å². The SMILES string of the molecule is CCCCCc1c[nH]c(=O)[nH]c1=O. The molecule has 0 bridgehead atoms. The molecule has 0 saturated heterocycles. The van der Waals surface area contributed by atoms with Crippen molar-refractivity contribution in [1.82, 2.24) is 9.97 Å². The van der Waals surface area contributed by atoms with Crippen LogP contribution in [-0.4, -0.2) is 9.97 Å². The first-order chi connectivity index (χ1) is 6.24. The van der Waals surface area contributed by atoms with E-state index in [1.54, 1.807) is 0 Å². The van der Waals surface area contributed by atoms with Crippen molar-refractivity contribution in [2.45, 2.75) is 32.6 Å². The van der Waals surface area contributed by atoms with Gasteiger partial charge in [-0.25, -0.2) is 4.79 Å². The number of hydrogen-bond acceptors (Lipinski definition) is 2. The molecule has 0 fully saturated rings. The maximum Gasteiger partial charge on any atom is 0.325 e. The van der Waals surface area contributed by atoms with E-state index in [2.05, 4.69) is 16.9 Å². The van der Waals surface area contributed by atoms with Gasteiger partial charge in [0.2, 0.25) is 0 Å². The molecule has 0 unspecified atom stereocenters. The van der Waals surface area contributed by atoms with Crippen molar-refractivity contribution in [3.05, 3.63) is 32.6 Å². The van der Waals surface area contributed by atoms with Crippen LogP contribution in [0.4, 0.5) is 0 Å². The lowest BCUT2D eigenvalue weighted by molar-refractivity contribution is 0.709. The molecule has 1 heterocycles. The number of rotatable bonds is 4. The maximum atomic E-state index is 11.2. The van der Waals surface area contributed by atoms with Crippen LogP contribution < -0.4 is 11.2 Å². The third-order valence-electron chi connectivity index (χ3n) is 1.95. The summed E-state index contributed by atoms with van der Waals surface area (Å²) in [6.45, 7) is 2.11. The predicted molar refractivity (Wildman–Crippen MR) is 50.9 cm³/mol. The highest BCUT2D eigenvalue weighted by Crippen LogP contribution is 1.99. The van der Waals surface area contributed by atoms with E-state index in [9.17, 15) is 9.59 Å². The van der Waals surface area contributed by atoms with E-state index in [0.29, 0.717) is 5.56 Å². The van der Waals surface area contributed by atoms with Crippen LogP contribution in [0.25, 0.3) is 0 Å². The Morgan fingerprint density at radius 1 is 1.31 bits per heavy atom. The van der Waals surface area contributed by atoms with E-state index in [4.69, 9.17) is 0 Å². The molecule has 0 spiro atoms. The number of unbranched alkanes of at least 4 members (excludes halogenated alkanes) is 2. The first-order valence-electron chi connectivity index (χ1n) is 4.55. The molecule has 1 aromatic heterocycles. The second-order valence-corrected chi connectivity index (χ2v) is 3.05. The highest BCUT2D eigenvalue weighted by molar-refractivity contribution is 5.02. The second-order valence-electron chi connectivity index (χ2n) is 3.05. The van der Waals surface area contributed by atoms with Gasteiger partial charge in [-0.05, 0) is 12.8 Å². The summed E-state index contributed by atoms with van der Waals surface area (Å²) in [7, 11) is 0. The number of aromatic nitrogens is 2. The fourth-order valence-corrected chi connectivity index (χ4v) is 1.19. The van der Waals surface area contributed by atoms with E-state index >= 15 is 0 Å². The van der Waals surface area contributed by atoms with Crippen LogP contribution in [0.3, 0.4) is 0 Å². The zero-order chi connectivity index (χ0) is 9.68. The van der Waals surface area contributed by atoms with E-state index in [0.717, 1.165) is 25.7 Å². The van der Waals surface area contributed by atoms with Gasteiger partial charge in [-0.3, -0.25) is 9.78 Å². The largest absolute Gasteiger partial charge is 0.325 e. The second kappa shape index (κ2) is 4.64. The summed E-state index contributed by atoms with van der Waals surface area (Å²) in [5.41, 5.74) is -0.0443. The van der Waals surface area contributed by atoms with Crippen LogP contribution in [0.1, 0.15) is 31.7 Å². The van der Waals surface area contributed by atoms with E-state index < -0.39 is 5.69 Å². The Kier molecular flexibility index (Phi) is 3.49. The Hall–Kier alpha value is -1.32. The van der Waals surface area contributed by atoms with Gasteiger partial charge in [-0.2, -0.15) is 0 Å².